The molecule has 0 bridgehead atoms. The zero-order valence-corrected chi connectivity index (χ0v) is 24.1. The fraction of sp³-hybridized carbons (Fsp3) is 0.286. The van der Waals surface area contributed by atoms with Crippen molar-refractivity contribution in [3.05, 3.63) is 57.3 Å². The number of methoxy groups -OCH3 is 2. The number of carbonyl (C=O) groups is 4. The van der Waals surface area contributed by atoms with Gasteiger partial charge in [0.05, 0.1) is 48.3 Å². The summed E-state index contributed by atoms with van der Waals surface area (Å²) in [6.45, 7) is 0. The maximum Gasteiger partial charge on any atom is 0.303 e. The van der Waals surface area contributed by atoms with E-state index in [1.165, 1.54) is 36.9 Å². The summed E-state index contributed by atoms with van der Waals surface area (Å²) in [5.41, 5.74) is 1.41. The summed E-state index contributed by atoms with van der Waals surface area (Å²) in [5, 5.41) is 19.3. The molecule has 40 heavy (non-hydrogen) atoms. The van der Waals surface area contributed by atoms with Gasteiger partial charge in [-0.05, 0) is 47.2 Å². The third kappa shape index (κ3) is 6.93. The van der Waals surface area contributed by atoms with Crippen molar-refractivity contribution in [1.82, 2.24) is 0 Å². The predicted octanol–water partition coefficient (Wildman–Crippen LogP) is 5.68. The molecule has 4 aromatic rings. The van der Waals surface area contributed by atoms with Gasteiger partial charge in [0.2, 0.25) is 0 Å². The third-order valence-electron chi connectivity index (χ3n) is 6.15. The van der Waals surface area contributed by atoms with Crippen LogP contribution in [-0.2, 0) is 31.9 Å². The van der Waals surface area contributed by atoms with Crippen molar-refractivity contribution in [1.29, 1.82) is 0 Å². The first-order valence-electron chi connectivity index (χ1n) is 12.1. The molecule has 0 saturated heterocycles. The van der Waals surface area contributed by atoms with Gasteiger partial charge in [-0.15, -0.1) is 22.7 Å². The molecule has 0 aliphatic carbocycles. The van der Waals surface area contributed by atoms with Crippen LogP contribution >= 0.6 is 22.7 Å². The van der Waals surface area contributed by atoms with Crippen molar-refractivity contribution in [3.63, 3.8) is 0 Å². The Labute approximate surface area is 239 Å². The van der Waals surface area contributed by atoms with Gasteiger partial charge in [-0.2, -0.15) is 0 Å². The second-order valence-electron chi connectivity index (χ2n) is 8.99. The van der Waals surface area contributed by atoms with Crippen molar-refractivity contribution in [3.8, 4) is 11.5 Å². The van der Waals surface area contributed by atoms with E-state index in [-0.39, 0.29) is 48.8 Å². The Balaban J connectivity index is 1.54. The number of carboxylic acids is 2. The van der Waals surface area contributed by atoms with Crippen LogP contribution in [-0.4, -0.2) is 52.1 Å². The molecule has 0 aliphatic rings. The number of fused-ring (bicyclic) bond motifs is 2. The SMILES string of the molecule is COc1cc2sc(C(=O)CCC(=O)O)cc2cc1CS(=O)Cc1cc2cc(C(=O)CCC(=O)O)sc2cc1OC. The van der Waals surface area contributed by atoms with Gasteiger partial charge in [0.25, 0.3) is 0 Å². The number of ketones is 2. The molecule has 2 N–H and O–H groups in total. The highest BCUT2D eigenvalue weighted by Crippen LogP contribution is 2.36. The Bertz CT molecular complexity index is 1530. The fourth-order valence-corrected chi connectivity index (χ4v) is 7.52. The topological polar surface area (TPSA) is 144 Å². The molecule has 0 aliphatic heterocycles. The standard InChI is InChI=1S/C28H26O9S3/c1-36-21-11-23-15(9-25(38-23)19(29)3-5-27(31)32)7-17(21)13-40(35)14-18-8-16-10-26(20(30)4-6-28(33)34)39-24(16)12-22(18)37-2/h7-12H,3-6,13-14H2,1-2H3,(H,31,32)(H,33,34). The molecule has 2 aromatic carbocycles. The molecule has 0 amide bonds. The molecule has 0 spiro atoms. The van der Waals surface area contributed by atoms with E-state index < -0.39 is 22.7 Å². The summed E-state index contributed by atoms with van der Waals surface area (Å²) in [6.07, 6.45) is -0.623. The first kappa shape index (κ1) is 29.4. The van der Waals surface area contributed by atoms with Crippen molar-refractivity contribution in [2.75, 3.05) is 14.2 Å². The quantitative estimate of drug-likeness (QED) is 0.174. The van der Waals surface area contributed by atoms with Crippen LogP contribution in [0.1, 0.15) is 56.2 Å². The van der Waals surface area contributed by atoms with E-state index >= 15 is 0 Å². The highest BCUT2D eigenvalue weighted by Gasteiger charge is 2.18. The molecule has 12 heteroatoms. The van der Waals surface area contributed by atoms with Crippen LogP contribution in [0.5, 0.6) is 11.5 Å². The molecule has 210 valence electrons. The van der Waals surface area contributed by atoms with Gasteiger partial charge in [0.1, 0.15) is 11.5 Å². The number of rotatable bonds is 14. The normalized spacial score (nSPS) is 11.3. The summed E-state index contributed by atoms with van der Waals surface area (Å²) in [4.78, 5) is 47.4. The van der Waals surface area contributed by atoms with Crippen molar-refractivity contribution in [2.45, 2.75) is 37.2 Å². The van der Waals surface area contributed by atoms with E-state index in [9.17, 15) is 23.4 Å². The monoisotopic (exact) mass is 602 g/mol. The molecule has 0 unspecified atom stereocenters. The second kappa shape index (κ2) is 12.7. The first-order valence-corrected chi connectivity index (χ1v) is 15.3. The van der Waals surface area contributed by atoms with E-state index in [0.29, 0.717) is 32.4 Å². The molecule has 4 rings (SSSR count). The zero-order valence-electron chi connectivity index (χ0n) is 21.7. The maximum atomic E-state index is 13.3. The molecular formula is C28H26O9S3. The molecular weight excluding hydrogens is 577 g/mol. The fourth-order valence-electron chi connectivity index (χ4n) is 4.20. The number of benzene rings is 2. The van der Waals surface area contributed by atoms with E-state index in [2.05, 4.69) is 0 Å². The number of carboxylic acid groups (broad SMARTS) is 2. The van der Waals surface area contributed by atoms with Crippen molar-refractivity contribution < 1.29 is 43.1 Å². The Morgan fingerprint density at radius 3 is 1.43 bits per heavy atom. The Hall–Kier alpha value is -3.61. The number of hydrogen-bond acceptors (Lipinski definition) is 9. The lowest BCUT2D eigenvalue weighted by molar-refractivity contribution is -0.137. The second-order valence-corrected chi connectivity index (χ2v) is 12.6. The molecule has 0 fully saturated rings. The molecule has 0 saturated carbocycles. The molecule has 0 radical (unpaired) electrons. The highest BCUT2D eigenvalue weighted by molar-refractivity contribution is 7.83. The lowest BCUT2D eigenvalue weighted by Gasteiger charge is -2.11. The van der Waals surface area contributed by atoms with Crippen LogP contribution < -0.4 is 9.47 Å². The van der Waals surface area contributed by atoms with E-state index in [1.807, 2.05) is 12.1 Å². The van der Waals surface area contributed by atoms with Crippen LogP contribution in [0.4, 0.5) is 0 Å². The van der Waals surface area contributed by atoms with E-state index in [0.717, 1.165) is 20.2 Å². The summed E-state index contributed by atoms with van der Waals surface area (Å²) in [6, 6.07) is 10.7. The number of aliphatic carboxylic acids is 2. The first-order chi connectivity index (χ1) is 19.1. The summed E-state index contributed by atoms with van der Waals surface area (Å²) in [5.74, 6) is -1.09. The summed E-state index contributed by atoms with van der Waals surface area (Å²) >= 11 is 2.53. The third-order valence-corrected chi connectivity index (χ3v) is 9.70. The maximum absolute atomic E-state index is 13.3. The van der Waals surface area contributed by atoms with Gasteiger partial charge in [0.15, 0.2) is 11.6 Å². The van der Waals surface area contributed by atoms with E-state index in [1.54, 1.807) is 24.3 Å². The number of carbonyl (C=O) groups excluding carboxylic acids is 2. The van der Waals surface area contributed by atoms with Gasteiger partial charge in [0, 0.05) is 44.2 Å². The zero-order chi connectivity index (χ0) is 29.0. The lowest BCUT2D eigenvalue weighted by atomic mass is 10.1. The predicted molar refractivity (Wildman–Crippen MR) is 155 cm³/mol. The molecule has 0 atom stereocenters. The summed E-state index contributed by atoms with van der Waals surface area (Å²) < 4.78 is 26.0. The van der Waals surface area contributed by atoms with Crippen LogP contribution in [0, 0.1) is 0 Å². The number of ether oxygens (including phenoxy) is 2. The van der Waals surface area contributed by atoms with Crippen LogP contribution in [0.3, 0.4) is 0 Å². The number of Topliss-reactive ketones (excluding diaryl/α,β-unsaturated/α-hetero) is 2. The van der Waals surface area contributed by atoms with Crippen molar-refractivity contribution in [2.24, 2.45) is 0 Å². The van der Waals surface area contributed by atoms with Crippen LogP contribution in [0.2, 0.25) is 0 Å². The largest absolute Gasteiger partial charge is 0.496 e. The summed E-state index contributed by atoms with van der Waals surface area (Å²) in [7, 11) is 1.66. The smallest absolute Gasteiger partial charge is 0.303 e. The minimum Gasteiger partial charge on any atom is -0.496 e. The van der Waals surface area contributed by atoms with Gasteiger partial charge < -0.3 is 19.7 Å². The highest BCUT2D eigenvalue weighted by atomic mass is 32.2. The number of thiophene rings is 2. The Morgan fingerprint density at radius 2 is 1.07 bits per heavy atom. The lowest BCUT2D eigenvalue weighted by Crippen LogP contribution is -2.03. The number of hydrogen-bond donors (Lipinski definition) is 2. The Kier molecular flexibility index (Phi) is 9.33. The van der Waals surface area contributed by atoms with E-state index in [4.69, 9.17) is 19.7 Å². The Morgan fingerprint density at radius 1 is 0.675 bits per heavy atom. The van der Waals surface area contributed by atoms with Gasteiger partial charge >= 0.3 is 11.9 Å². The molecule has 2 heterocycles. The minimum absolute atomic E-state index is 0.0789. The average Bonchev–Trinajstić information content (AvgIpc) is 3.52. The molecule has 9 nitrogen and oxygen atoms in total. The minimum atomic E-state index is -1.37. The van der Waals surface area contributed by atoms with Crippen LogP contribution in [0.15, 0.2) is 36.4 Å². The molecule has 2 aromatic heterocycles. The van der Waals surface area contributed by atoms with Gasteiger partial charge in [-0.3, -0.25) is 23.4 Å². The van der Waals surface area contributed by atoms with Crippen LogP contribution in [0.25, 0.3) is 20.2 Å². The van der Waals surface area contributed by atoms with Gasteiger partial charge in [-0.25, -0.2) is 0 Å². The van der Waals surface area contributed by atoms with Gasteiger partial charge in [-0.1, -0.05) is 0 Å². The average molecular weight is 603 g/mol. The van der Waals surface area contributed by atoms with Crippen molar-refractivity contribution >= 4 is 77.2 Å².